The van der Waals surface area contributed by atoms with Crippen LogP contribution in [0.4, 0.5) is 0 Å². The number of esters is 1. The average Bonchev–Trinajstić information content (AvgIpc) is 2.12. The molecule has 0 aromatic carbocycles. The highest BCUT2D eigenvalue weighted by atomic mass is 16.5. The van der Waals surface area contributed by atoms with Gasteiger partial charge in [-0.25, -0.2) is 0 Å². The van der Waals surface area contributed by atoms with E-state index in [-0.39, 0.29) is 5.97 Å². The lowest BCUT2D eigenvalue weighted by atomic mass is 10.1. The Morgan fingerprint density at radius 2 is 2.08 bits per heavy atom. The zero-order valence-electron chi connectivity index (χ0n) is 8.93. The van der Waals surface area contributed by atoms with Crippen molar-refractivity contribution in [2.24, 2.45) is 0 Å². The van der Waals surface area contributed by atoms with E-state index >= 15 is 0 Å². The molecule has 0 heterocycles. The molecule has 0 bridgehead atoms. The Kier molecular flexibility index (Phi) is 7.36. The van der Waals surface area contributed by atoms with Crippen LogP contribution in [0.5, 0.6) is 0 Å². The average molecular weight is 184 g/mol. The molecule has 0 aliphatic heterocycles. The zero-order chi connectivity index (χ0) is 10.1. The molecule has 0 amide bonds. The van der Waals surface area contributed by atoms with Crippen molar-refractivity contribution in [1.29, 1.82) is 0 Å². The molecule has 2 heteroatoms. The smallest absolute Gasteiger partial charge is 0.309 e. The van der Waals surface area contributed by atoms with Crippen molar-refractivity contribution >= 4 is 5.97 Å². The van der Waals surface area contributed by atoms with Gasteiger partial charge in [0, 0.05) is 0 Å². The van der Waals surface area contributed by atoms with Gasteiger partial charge in [-0.3, -0.25) is 4.79 Å². The second-order valence-corrected chi connectivity index (χ2v) is 3.16. The summed E-state index contributed by atoms with van der Waals surface area (Å²) in [4.78, 5) is 11.0. The molecular weight excluding hydrogens is 164 g/mol. The van der Waals surface area contributed by atoms with E-state index in [2.05, 4.69) is 13.8 Å². The quantitative estimate of drug-likeness (QED) is 0.468. The van der Waals surface area contributed by atoms with Crippen LogP contribution in [-0.4, -0.2) is 12.6 Å². The number of carbonyl (C=O) groups excluding carboxylic acids is 1. The van der Waals surface area contributed by atoms with Crippen LogP contribution in [0, 0.1) is 0 Å². The minimum Gasteiger partial charge on any atom is -0.466 e. The Hall–Kier alpha value is -0.790. The van der Waals surface area contributed by atoms with Gasteiger partial charge >= 0.3 is 5.97 Å². The number of rotatable bonds is 6. The molecule has 0 aromatic heterocycles. The molecule has 13 heavy (non-hydrogen) atoms. The van der Waals surface area contributed by atoms with Crippen LogP contribution in [0.2, 0.25) is 0 Å². The van der Waals surface area contributed by atoms with E-state index in [1.807, 2.05) is 13.0 Å². The number of unbranched alkanes of at least 4 members (excludes halogenated alkanes) is 1. The second-order valence-electron chi connectivity index (χ2n) is 3.16. The third-order valence-electron chi connectivity index (χ3n) is 1.85. The Balaban J connectivity index is 3.62. The molecule has 0 rings (SSSR count). The fourth-order valence-electron chi connectivity index (χ4n) is 1.04. The summed E-state index contributed by atoms with van der Waals surface area (Å²) in [6.45, 7) is 6.53. The number of carbonyl (C=O) groups is 1. The van der Waals surface area contributed by atoms with E-state index in [0.717, 1.165) is 6.42 Å². The van der Waals surface area contributed by atoms with E-state index in [9.17, 15) is 4.79 Å². The summed E-state index contributed by atoms with van der Waals surface area (Å²) < 4.78 is 4.81. The number of allylic oxidation sites excluding steroid dienone is 1. The summed E-state index contributed by atoms with van der Waals surface area (Å²) in [5.41, 5.74) is 1.29. The fraction of sp³-hybridized carbons (Fsp3) is 0.727. The van der Waals surface area contributed by atoms with Crippen molar-refractivity contribution in [2.75, 3.05) is 6.61 Å². The predicted octanol–water partition coefficient (Wildman–Crippen LogP) is 3.08. The van der Waals surface area contributed by atoms with Crippen LogP contribution in [-0.2, 0) is 9.53 Å². The molecule has 0 spiro atoms. The van der Waals surface area contributed by atoms with Crippen molar-refractivity contribution in [3.63, 3.8) is 0 Å². The van der Waals surface area contributed by atoms with Gasteiger partial charge in [0.2, 0.25) is 0 Å². The first-order valence-corrected chi connectivity index (χ1v) is 5.02. The second kappa shape index (κ2) is 7.84. The molecule has 0 aliphatic carbocycles. The summed E-state index contributed by atoms with van der Waals surface area (Å²) in [6.07, 6.45) is 5.88. The van der Waals surface area contributed by atoms with Gasteiger partial charge in [-0.15, -0.1) is 0 Å². The van der Waals surface area contributed by atoms with E-state index in [0.29, 0.717) is 13.0 Å². The molecule has 2 nitrogen and oxygen atoms in total. The summed E-state index contributed by atoms with van der Waals surface area (Å²) in [6, 6.07) is 0. The Morgan fingerprint density at radius 3 is 2.62 bits per heavy atom. The van der Waals surface area contributed by atoms with Crippen LogP contribution < -0.4 is 0 Å². The molecule has 0 atom stereocenters. The Morgan fingerprint density at radius 1 is 1.38 bits per heavy atom. The van der Waals surface area contributed by atoms with Gasteiger partial charge in [-0.05, 0) is 26.7 Å². The van der Waals surface area contributed by atoms with Crippen molar-refractivity contribution < 1.29 is 9.53 Å². The highest BCUT2D eigenvalue weighted by Gasteiger charge is 1.97. The van der Waals surface area contributed by atoms with E-state index in [1.54, 1.807) is 0 Å². The number of hydrogen-bond donors (Lipinski definition) is 0. The van der Waals surface area contributed by atoms with Gasteiger partial charge in [0.1, 0.15) is 0 Å². The maximum Gasteiger partial charge on any atom is 0.309 e. The first kappa shape index (κ1) is 12.2. The topological polar surface area (TPSA) is 26.3 Å². The SMILES string of the molecule is CCCC/C(C)=C/CC(=O)OCC. The van der Waals surface area contributed by atoms with Crippen LogP contribution in [0.3, 0.4) is 0 Å². The van der Waals surface area contributed by atoms with Gasteiger partial charge < -0.3 is 4.74 Å². The predicted molar refractivity (Wildman–Crippen MR) is 54.5 cm³/mol. The first-order valence-electron chi connectivity index (χ1n) is 5.02. The lowest BCUT2D eigenvalue weighted by Crippen LogP contribution is -2.01. The monoisotopic (exact) mass is 184 g/mol. The van der Waals surface area contributed by atoms with Crippen molar-refractivity contribution in [1.82, 2.24) is 0 Å². The molecule has 0 radical (unpaired) electrons. The Bertz CT molecular complexity index is 171. The van der Waals surface area contributed by atoms with Gasteiger partial charge in [0.05, 0.1) is 13.0 Å². The van der Waals surface area contributed by atoms with Crippen LogP contribution >= 0.6 is 0 Å². The summed E-state index contributed by atoms with van der Waals surface area (Å²) >= 11 is 0. The third kappa shape index (κ3) is 7.57. The van der Waals surface area contributed by atoms with Gasteiger partial charge in [0.25, 0.3) is 0 Å². The van der Waals surface area contributed by atoms with E-state index < -0.39 is 0 Å². The van der Waals surface area contributed by atoms with Crippen LogP contribution in [0.15, 0.2) is 11.6 Å². The maximum atomic E-state index is 11.0. The minimum absolute atomic E-state index is 0.127. The van der Waals surface area contributed by atoms with Crippen LogP contribution in [0.25, 0.3) is 0 Å². The van der Waals surface area contributed by atoms with E-state index in [1.165, 1.54) is 18.4 Å². The fourth-order valence-corrected chi connectivity index (χ4v) is 1.04. The molecule has 0 N–H and O–H groups in total. The standard InChI is InChI=1S/C11H20O2/c1-4-6-7-10(3)8-9-11(12)13-5-2/h8H,4-7,9H2,1-3H3/b10-8+. The molecule has 0 unspecified atom stereocenters. The number of hydrogen-bond acceptors (Lipinski definition) is 2. The molecule has 0 aliphatic rings. The molecule has 0 saturated heterocycles. The summed E-state index contributed by atoms with van der Waals surface area (Å²) in [7, 11) is 0. The number of ether oxygens (including phenoxy) is 1. The highest BCUT2D eigenvalue weighted by molar-refractivity contribution is 5.71. The largest absolute Gasteiger partial charge is 0.466 e. The molecule has 0 fully saturated rings. The minimum atomic E-state index is -0.127. The lowest BCUT2D eigenvalue weighted by Gasteiger charge is -2.00. The molecule has 0 aromatic rings. The molecule has 0 saturated carbocycles. The molecular formula is C11H20O2. The normalized spacial score (nSPS) is 11.5. The van der Waals surface area contributed by atoms with Gasteiger partial charge in [-0.1, -0.05) is 25.0 Å². The third-order valence-corrected chi connectivity index (χ3v) is 1.85. The van der Waals surface area contributed by atoms with Crippen LogP contribution in [0.1, 0.15) is 46.5 Å². The van der Waals surface area contributed by atoms with Gasteiger partial charge in [-0.2, -0.15) is 0 Å². The van der Waals surface area contributed by atoms with Crippen molar-refractivity contribution in [3.8, 4) is 0 Å². The highest BCUT2D eigenvalue weighted by Crippen LogP contribution is 2.07. The Labute approximate surface area is 81.0 Å². The van der Waals surface area contributed by atoms with Crippen molar-refractivity contribution in [2.45, 2.75) is 46.5 Å². The molecule has 76 valence electrons. The maximum absolute atomic E-state index is 11.0. The summed E-state index contributed by atoms with van der Waals surface area (Å²) in [5, 5.41) is 0. The lowest BCUT2D eigenvalue weighted by molar-refractivity contribution is -0.142. The van der Waals surface area contributed by atoms with E-state index in [4.69, 9.17) is 4.74 Å². The summed E-state index contributed by atoms with van der Waals surface area (Å²) in [5.74, 6) is -0.127. The van der Waals surface area contributed by atoms with Gasteiger partial charge in [0.15, 0.2) is 0 Å². The first-order chi connectivity index (χ1) is 6.20. The van der Waals surface area contributed by atoms with Crippen molar-refractivity contribution in [3.05, 3.63) is 11.6 Å². The zero-order valence-corrected chi connectivity index (χ0v) is 8.93.